The maximum absolute atomic E-state index is 13.5. The van der Waals surface area contributed by atoms with Crippen LogP contribution in [0.15, 0.2) is 36.4 Å². The van der Waals surface area contributed by atoms with Crippen LogP contribution in [0.1, 0.15) is 11.1 Å². The molecule has 0 atom stereocenters. The van der Waals surface area contributed by atoms with Crippen molar-refractivity contribution in [2.24, 2.45) is 0 Å². The van der Waals surface area contributed by atoms with E-state index in [1.54, 1.807) is 18.2 Å². The molecule has 0 aliphatic rings. The highest BCUT2D eigenvalue weighted by Gasteiger charge is 2.03. The van der Waals surface area contributed by atoms with Crippen LogP contribution in [0.5, 0.6) is 0 Å². The average molecular weight is 230 g/mol. The number of hydrogen-bond donors (Lipinski definition) is 2. The average Bonchev–Trinajstić information content (AvgIpc) is 2.29. The summed E-state index contributed by atoms with van der Waals surface area (Å²) in [5, 5.41) is 3.03. The van der Waals surface area contributed by atoms with Gasteiger partial charge in [-0.25, -0.2) is 4.39 Å². The summed E-state index contributed by atoms with van der Waals surface area (Å²) in [6, 6.07) is 10.6. The summed E-state index contributed by atoms with van der Waals surface area (Å²) in [6.07, 6.45) is 0. The molecule has 2 nitrogen and oxygen atoms in total. The quantitative estimate of drug-likeness (QED) is 0.771. The number of anilines is 3. The van der Waals surface area contributed by atoms with Crippen LogP contribution in [0.25, 0.3) is 0 Å². The predicted molar refractivity (Wildman–Crippen MR) is 70.0 cm³/mol. The molecule has 0 aliphatic carbocycles. The van der Waals surface area contributed by atoms with Gasteiger partial charge in [0, 0.05) is 11.4 Å². The zero-order chi connectivity index (χ0) is 12.4. The number of rotatable bonds is 2. The monoisotopic (exact) mass is 230 g/mol. The topological polar surface area (TPSA) is 38.0 Å². The molecule has 0 aliphatic heterocycles. The van der Waals surface area contributed by atoms with E-state index in [2.05, 4.69) is 5.32 Å². The highest BCUT2D eigenvalue weighted by molar-refractivity contribution is 5.66. The second-order valence-corrected chi connectivity index (χ2v) is 4.18. The normalized spacial score (nSPS) is 10.3. The van der Waals surface area contributed by atoms with Gasteiger partial charge >= 0.3 is 0 Å². The second kappa shape index (κ2) is 4.45. The van der Waals surface area contributed by atoms with Gasteiger partial charge in [0.2, 0.25) is 0 Å². The van der Waals surface area contributed by atoms with Gasteiger partial charge < -0.3 is 11.1 Å². The third kappa shape index (κ3) is 2.56. The van der Waals surface area contributed by atoms with Crippen LogP contribution in [0.3, 0.4) is 0 Å². The van der Waals surface area contributed by atoms with Crippen LogP contribution in [-0.4, -0.2) is 0 Å². The third-order valence-electron chi connectivity index (χ3n) is 2.68. The smallest absolute Gasteiger partial charge is 0.146 e. The first-order chi connectivity index (χ1) is 8.06. The van der Waals surface area contributed by atoms with E-state index in [0.717, 1.165) is 16.8 Å². The standard InChI is InChI=1S/C14H15FN2/c1-9-3-6-12(15)14(7-9)17-11-5-4-10(2)13(16)8-11/h3-8,17H,16H2,1-2H3. The van der Waals surface area contributed by atoms with Gasteiger partial charge in [-0.15, -0.1) is 0 Å². The van der Waals surface area contributed by atoms with Gasteiger partial charge in [0.15, 0.2) is 0 Å². The molecule has 0 aromatic heterocycles. The molecule has 2 rings (SSSR count). The molecule has 0 radical (unpaired) electrons. The lowest BCUT2D eigenvalue weighted by atomic mass is 10.1. The van der Waals surface area contributed by atoms with Crippen LogP contribution >= 0.6 is 0 Å². The van der Waals surface area contributed by atoms with Gasteiger partial charge in [0.05, 0.1) is 5.69 Å². The molecule has 17 heavy (non-hydrogen) atoms. The molecule has 0 spiro atoms. The Hall–Kier alpha value is -2.03. The van der Waals surface area contributed by atoms with E-state index >= 15 is 0 Å². The molecular formula is C14H15FN2. The predicted octanol–water partition coefficient (Wildman–Crippen LogP) is 3.77. The van der Waals surface area contributed by atoms with Gasteiger partial charge in [0.25, 0.3) is 0 Å². The van der Waals surface area contributed by atoms with Crippen molar-refractivity contribution >= 4 is 17.1 Å². The number of benzene rings is 2. The molecule has 0 amide bonds. The minimum absolute atomic E-state index is 0.269. The van der Waals surface area contributed by atoms with Crippen molar-refractivity contribution in [3.05, 3.63) is 53.3 Å². The molecule has 3 heteroatoms. The number of nitrogens with one attached hydrogen (secondary N) is 1. The lowest BCUT2D eigenvalue weighted by Gasteiger charge is -2.10. The third-order valence-corrected chi connectivity index (χ3v) is 2.68. The maximum Gasteiger partial charge on any atom is 0.146 e. The molecular weight excluding hydrogens is 215 g/mol. The van der Waals surface area contributed by atoms with Crippen molar-refractivity contribution in [1.82, 2.24) is 0 Å². The zero-order valence-corrected chi connectivity index (χ0v) is 9.92. The van der Waals surface area contributed by atoms with Crippen LogP contribution < -0.4 is 11.1 Å². The fourth-order valence-corrected chi connectivity index (χ4v) is 1.61. The molecule has 3 N–H and O–H groups in total. The zero-order valence-electron chi connectivity index (χ0n) is 9.92. The van der Waals surface area contributed by atoms with E-state index in [-0.39, 0.29) is 5.82 Å². The largest absolute Gasteiger partial charge is 0.398 e. The maximum atomic E-state index is 13.5. The molecule has 0 unspecified atom stereocenters. The van der Waals surface area contributed by atoms with E-state index in [9.17, 15) is 4.39 Å². The highest BCUT2D eigenvalue weighted by atomic mass is 19.1. The summed E-state index contributed by atoms with van der Waals surface area (Å²) in [7, 11) is 0. The Kier molecular flexibility index (Phi) is 3.00. The Balaban J connectivity index is 2.31. The van der Waals surface area contributed by atoms with Crippen molar-refractivity contribution in [2.45, 2.75) is 13.8 Å². The highest BCUT2D eigenvalue weighted by Crippen LogP contribution is 2.23. The fourth-order valence-electron chi connectivity index (χ4n) is 1.61. The summed E-state index contributed by atoms with van der Waals surface area (Å²) < 4.78 is 13.5. The Labute approximate surface area is 100 Å². The lowest BCUT2D eigenvalue weighted by Crippen LogP contribution is -1.96. The van der Waals surface area contributed by atoms with Crippen LogP contribution in [0, 0.1) is 19.7 Å². The van der Waals surface area contributed by atoms with Gasteiger partial charge in [-0.3, -0.25) is 0 Å². The van der Waals surface area contributed by atoms with Gasteiger partial charge in [0.1, 0.15) is 5.82 Å². The first kappa shape index (κ1) is 11.5. The van der Waals surface area contributed by atoms with Crippen LogP contribution in [0.4, 0.5) is 21.5 Å². The van der Waals surface area contributed by atoms with E-state index in [1.165, 1.54) is 6.07 Å². The van der Waals surface area contributed by atoms with Gasteiger partial charge in [-0.1, -0.05) is 12.1 Å². The summed E-state index contributed by atoms with van der Waals surface area (Å²) in [6.45, 7) is 3.86. The van der Waals surface area contributed by atoms with Crippen molar-refractivity contribution < 1.29 is 4.39 Å². The summed E-state index contributed by atoms with van der Waals surface area (Å²) >= 11 is 0. The van der Waals surface area contributed by atoms with E-state index in [0.29, 0.717) is 11.4 Å². The van der Waals surface area contributed by atoms with E-state index in [1.807, 2.05) is 26.0 Å². The second-order valence-electron chi connectivity index (χ2n) is 4.18. The van der Waals surface area contributed by atoms with E-state index in [4.69, 9.17) is 5.73 Å². The lowest BCUT2D eigenvalue weighted by molar-refractivity contribution is 0.631. The number of nitrogens with two attached hydrogens (primary N) is 1. The number of nitrogen functional groups attached to an aromatic ring is 1. The van der Waals surface area contributed by atoms with E-state index < -0.39 is 0 Å². The Morgan fingerprint density at radius 3 is 2.53 bits per heavy atom. The summed E-state index contributed by atoms with van der Waals surface area (Å²) in [5.41, 5.74) is 9.78. The molecule has 0 fully saturated rings. The molecule has 2 aromatic carbocycles. The van der Waals surface area contributed by atoms with Crippen LogP contribution in [-0.2, 0) is 0 Å². The molecule has 2 aromatic rings. The number of hydrogen-bond acceptors (Lipinski definition) is 2. The molecule has 0 saturated carbocycles. The van der Waals surface area contributed by atoms with Crippen molar-refractivity contribution in [1.29, 1.82) is 0 Å². The van der Waals surface area contributed by atoms with Crippen molar-refractivity contribution in [3.63, 3.8) is 0 Å². The van der Waals surface area contributed by atoms with Gasteiger partial charge in [-0.05, 0) is 49.2 Å². The summed E-state index contributed by atoms with van der Waals surface area (Å²) in [4.78, 5) is 0. The molecule has 88 valence electrons. The van der Waals surface area contributed by atoms with Crippen LogP contribution in [0.2, 0.25) is 0 Å². The molecule has 0 saturated heterocycles. The van der Waals surface area contributed by atoms with Crippen molar-refractivity contribution in [2.75, 3.05) is 11.1 Å². The first-order valence-corrected chi connectivity index (χ1v) is 5.45. The Bertz CT molecular complexity index is 550. The summed E-state index contributed by atoms with van der Waals surface area (Å²) in [5.74, 6) is -0.269. The SMILES string of the molecule is Cc1ccc(F)c(Nc2ccc(C)c(N)c2)c1. The Morgan fingerprint density at radius 2 is 1.82 bits per heavy atom. The number of aryl methyl sites for hydroxylation is 2. The first-order valence-electron chi connectivity index (χ1n) is 5.45. The minimum Gasteiger partial charge on any atom is -0.398 e. The van der Waals surface area contributed by atoms with Gasteiger partial charge in [-0.2, -0.15) is 0 Å². The minimum atomic E-state index is -0.269. The number of halogens is 1. The van der Waals surface area contributed by atoms with Crippen molar-refractivity contribution in [3.8, 4) is 0 Å². The molecule has 0 bridgehead atoms. The Morgan fingerprint density at radius 1 is 1.06 bits per heavy atom. The molecule has 0 heterocycles. The fraction of sp³-hybridized carbons (Fsp3) is 0.143.